The number of H-pyrrole nitrogens is 1. The normalized spacial score (nSPS) is 24.1. The second-order valence-corrected chi connectivity index (χ2v) is 6.94. The van der Waals surface area contributed by atoms with Crippen LogP contribution in [0, 0.1) is 0 Å². The van der Waals surface area contributed by atoms with Gasteiger partial charge in [-0.3, -0.25) is 9.69 Å². The predicted octanol–water partition coefficient (Wildman–Crippen LogP) is 3.18. The molecule has 1 fully saturated rings. The fourth-order valence-corrected chi connectivity index (χ4v) is 3.95. The Kier molecular flexibility index (Phi) is 3.85. The fourth-order valence-electron chi connectivity index (χ4n) is 2.79. The molecule has 4 heteroatoms. The smallest absolute Gasteiger partial charge is 0.178 e. The Morgan fingerprint density at radius 1 is 1.40 bits per heavy atom. The summed E-state index contributed by atoms with van der Waals surface area (Å²) in [5.74, 6) is 1.33. The second-order valence-electron chi connectivity index (χ2n) is 5.46. The molecule has 20 heavy (non-hydrogen) atoms. The Hall–Kier alpha value is -1.26. The average Bonchev–Trinajstić information content (AvgIpc) is 2.88. The first-order valence-corrected chi connectivity index (χ1v) is 8.16. The van der Waals surface area contributed by atoms with Gasteiger partial charge in [-0.1, -0.05) is 25.1 Å². The molecule has 2 aromatic rings. The molecule has 1 aliphatic heterocycles. The summed E-state index contributed by atoms with van der Waals surface area (Å²) in [5.41, 5.74) is 1.85. The maximum atomic E-state index is 12.6. The first-order chi connectivity index (χ1) is 9.66. The van der Waals surface area contributed by atoms with Crippen molar-refractivity contribution in [3.05, 3.63) is 36.0 Å². The van der Waals surface area contributed by atoms with Crippen LogP contribution in [-0.4, -0.2) is 45.8 Å². The molecule has 0 spiro atoms. The predicted molar refractivity (Wildman–Crippen MR) is 85.6 cm³/mol. The summed E-state index contributed by atoms with van der Waals surface area (Å²) in [4.78, 5) is 18.1. The lowest BCUT2D eigenvalue weighted by molar-refractivity contribution is 0.0903. The number of fused-ring (bicyclic) bond motifs is 1. The molecule has 2 atom stereocenters. The monoisotopic (exact) mass is 288 g/mol. The number of Topliss-reactive ketones (excluding diaryl/α,β-unsaturated/α-hetero) is 1. The van der Waals surface area contributed by atoms with Gasteiger partial charge in [0.2, 0.25) is 0 Å². The van der Waals surface area contributed by atoms with Crippen LogP contribution >= 0.6 is 11.8 Å². The highest BCUT2D eigenvalue weighted by atomic mass is 32.2. The summed E-state index contributed by atoms with van der Waals surface area (Å²) < 4.78 is 0. The highest BCUT2D eigenvalue weighted by molar-refractivity contribution is 8.00. The molecule has 1 aliphatic rings. The second kappa shape index (κ2) is 5.62. The van der Waals surface area contributed by atoms with Crippen LogP contribution in [-0.2, 0) is 0 Å². The number of nitrogens with zero attached hydrogens (tertiary/aromatic N) is 1. The molecule has 0 saturated carbocycles. The summed E-state index contributed by atoms with van der Waals surface area (Å²) in [6, 6.07) is 8.45. The number of benzene rings is 1. The lowest BCUT2D eigenvalue weighted by Gasteiger charge is -2.36. The highest BCUT2D eigenvalue weighted by Gasteiger charge is 2.27. The summed E-state index contributed by atoms with van der Waals surface area (Å²) in [6.07, 6.45) is 1.85. The van der Waals surface area contributed by atoms with Crippen LogP contribution < -0.4 is 0 Å². The van der Waals surface area contributed by atoms with E-state index in [2.05, 4.69) is 23.7 Å². The van der Waals surface area contributed by atoms with Crippen LogP contribution in [0.15, 0.2) is 30.5 Å². The summed E-state index contributed by atoms with van der Waals surface area (Å²) in [7, 11) is 0. The number of aromatic amines is 1. The molecule has 0 amide bonds. The minimum Gasteiger partial charge on any atom is -0.360 e. The van der Waals surface area contributed by atoms with Gasteiger partial charge in [-0.2, -0.15) is 11.8 Å². The van der Waals surface area contributed by atoms with E-state index in [1.54, 1.807) is 0 Å². The van der Waals surface area contributed by atoms with Crippen LogP contribution in [0.2, 0.25) is 0 Å². The molecule has 1 N–H and O–H groups in total. The SMILES string of the molecule is CC1SCCN(CC(=O)c2c[nH]c3ccccc23)C1C. The van der Waals surface area contributed by atoms with E-state index in [9.17, 15) is 4.79 Å². The van der Waals surface area contributed by atoms with Gasteiger partial charge in [0.05, 0.1) is 6.54 Å². The van der Waals surface area contributed by atoms with Gasteiger partial charge in [0.1, 0.15) is 0 Å². The van der Waals surface area contributed by atoms with Crippen molar-refractivity contribution in [2.45, 2.75) is 25.1 Å². The molecule has 2 unspecified atom stereocenters. The van der Waals surface area contributed by atoms with Gasteiger partial charge in [-0.15, -0.1) is 0 Å². The number of hydrogen-bond donors (Lipinski definition) is 1. The topological polar surface area (TPSA) is 36.1 Å². The van der Waals surface area contributed by atoms with Crippen LogP contribution in [0.25, 0.3) is 10.9 Å². The van der Waals surface area contributed by atoms with Crippen molar-refractivity contribution in [3.63, 3.8) is 0 Å². The summed E-state index contributed by atoms with van der Waals surface area (Å²) in [6.45, 7) is 6.00. The van der Waals surface area contributed by atoms with E-state index in [4.69, 9.17) is 0 Å². The van der Waals surface area contributed by atoms with E-state index in [0.29, 0.717) is 17.8 Å². The quantitative estimate of drug-likeness (QED) is 0.881. The van der Waals surface area contributed by atoms with Gasteiger partial charge in [0.15, 0.2) is 5.78 Å². The third kappa shape index (κ3) is 2.50. The average molecular weight is 288 g/mol. The van der Waals surface area contributed by atoms with Gasteiger partial charge in [0.25, 0.3) is 0 Å². The molecule has 3 rings (SSSR count). The van der Waals surface area contributed by atoms with Crippen molar-refractivity contribution in [1.82, 2.24) is 9.88 Å². The van der Waals surface area contributed by atoms with Crippen LogP contribution in [0.5, 0.6) is 0 Å². The first-order valence-electron chi connectivity index (χ1n) is 7.12. The lowest BCUT2D eigenvalue weighted by atomic mass is 10.1. The van der Waals surface area contributed by atoms with E-state index in [-0.39, 0.29) is 5.78 Å². The minimum atomic E-state index is 0.216. The third-order valence-electron chi connectivity index (χ3n) is 4.25. The number of carbonyl (C=O) groups excluding carboxylic acids is 1. The summed E-state index contributed by atoms with van der Waals surface area (Å²) >= 11 is 2.00. The number of rotatable bonds is 3. The molecule has 1 aromatic heterocycles. The zero-order chi connectivity index (χ0) is 14.1. The molecule has 3 nitrogen and oxygen atoms in total. The van der Waals surface area contributed by atoms with Crippen molar-refractivity contribution >= 4 is 28.4 Å². The minimum absolute atomic E-state index is 0.216. The molecule has 1 saturated heterocycles. The summed E-state index contributed by atoms with van der Waals surface area (Å²) in [5, 5.41) is 1.63. The maximum Gasteiger partial charge on any atom is 0.178 e. The number of carbonyl (C=O) groups is 1. The Labute approximate surface area is 123 Å². The van der Waals surface area contributed by atoms with E-state index >= 15 is 0 Å². The number of thioether (sulfide) groups is 1. The van der Waals surface area contributed by atoms with E-state index in [1.807, 2.05) is 42.2 Å². The third-order valence-corrected chi connectivity index (χ3v) is 5.59. The molecule has 1 aromatic carbocycles. The van der Waals surface area contributed by atoms with Crippen molar-refractivity contribution < 1.29 is 4.79 Å². The van der Waals surface area contributed by atoms with Crippen LogP contribution in [0.3, 0.4) is 0 Å². The van der Waals surface area contributed by atoms with Crippen LogP contribution in [0.1, 0.15) is 24.2 Å². The first kappa shape index (κ1) is 13.7. The zero-order valence-electron chi connectivity index (χ0n) is 11.9. The molecule has 0 bridgehead atoms. The van der Waals surface area contributed by atoms with Crippen molar-refractivity contribution in [2.24, 2.45) is 0 Å². The van der Waals surface area contributed by atoms with Crippen molar-refractivity contribution in [1.29, 1.82) is 0 Å². The van der Waals surface area contributed by atoms with Gasteiger partial charge >= 0.3 is 0 Å². The lowest BCUT2D eigenvalue weighted by Crippen LogP contribution is -2.46. The Morgan fingerprint density at radius 3 is 3.05 bits per heavy atom. The largest absolute Gasteiger partial charge is 0.360 e. The van der Waals surface area contributed by atoms with Gasteiger partial charge in [0, 0.05) is 46.3 Å². The molecule has 106 valence electrons. The number of hydrogen-bond acceptors (Lipinski definition) is 3. The van der Waals surface area contributed by atoms with E-state index in [1.165, 1.54) is 0 Å². The molecule has 0 aliphatic carbocycles. The maximum absolute atomic E-state index is 12.6. The van der Waals surface area contributed by atoms with Gasteiger partial charge in [-0.25, -0.2) is 0 Å². The Bertz CT molecular complexity index is 622. The van der Waals surface area contributed by atoms with E-state index in [0.717, 1.165) is 28.8 Å². The molecule has 2 heterocycles. The molecule has 0 radical (unpaired) electrons. The van der Waals surface area contributed by atoms with Crippen molar-refractivity contribution in [2.75, 3.05) is 18.8 Å². The van der Waals surface area contributed by atoms with E-state index < -0.39 is 0 Å². The Balaban J connectivity index is 1.79. The standard InChI is InChI=1S/C16H20N2OS/c1-11-12(2)20-8-7-18(11)10-16(19)14-9-17-15-6-4-3-5-13(14)15/h3-6,9,11-12,17H,7-8,10H2,1-2H3. The Morgan fingerprint density at radius 2 is 2.20 bits per heavy atom. The highest BCUT2D eigenvalue weighted by Crippen LogP contribution is 2.25. The zero-order valence-corrected chi connectivity index (χ0v) is 12.7. The number of ketones is 1. The van der Waals surface area contributed by atoms with Gasteiger partial charge in [-0.05, 0) is 13.0 Å². The number of nitrogens with one attached hydrogen (secondary N) is 1. The van der Waals surface area contributed by atoms with Crippen LogP contribution in [0.4, 0.5) is 0 Å². The number of aromatic nitrogens is 1. The molecular formula is C16H20N2OS. The fraction of sp³-hybridized carbons (Fsp3) is 0.438. The number of para-hydroxylation sites is 1. The van der Waals surface area contributed by atoms with Crippen molar-refractivity contribution in [3.8, 4) is 0 Å². The van der Waals surface area contributed by atoms with Gasteiger partial charge < -0.3 is 4.98 Å². The molecular weight excluding hydrogens is 268 g/mol.